The van der Waals surface area contributed by atoms with Crippen LogP contribution in [0.3, 0.4) is 0 Å². The average Bonchev–Trinajstić information content (AvgIpc) is 3.39. The van der Waals surface area contributed by atoms with Gasteiger partial charge < -0.3 is 20.5 Å². The number of carboxylic acids is 1. The first-order valence-electron chi connectivity index (χ1n) is 12.0. The molecule has 2 aliphatic rings. The molecule has 3 atom stereocenters. The summed E-state index contributed by atoms with van der Waals surface area (Å²) < 4.78 is 5.61. The van der Waals surface area contributed by atoms with Gasteiger partial charge in [-0.2, -0.15) is 0 Å². The zero-order valence-corrected chi connectivity index (χ0v) is 19.6. The number of carbonyl (C=O) groups excluding carboxylic acids is 2. The zero-order valence-electron chi connectivity index (χ0n) is 19.6. The number of rotatable bonds is 8. The van der Waals surface area contributed by atoms with Gasteiger partial charge in [0.25, 0.3) is 0 Å². The summed E-state index contributed by atoms with van der Waals surface area (Å²) in [5.74, 6) is -1.44. The van der Waals surface area contributed by atoms with Crippen molar-refractivity contribution in [2.75, 3.05) is 6.61 Å². The van der Waals surface area contributed by atoms with E-state index in [1.165, 1.54) is 11.1 Å². The molecule has 0 aromatic heterocycles. The van der Waals surface area contributed by atoms with Crippen LogP contribution in [0.2, 0.25) is 0 Å². The van der Waals surface area contributed by atoms with Crippen LogP contribution in [0.5, 0.6) is 0 Å². The van der Waals surface area contributed by atoms with Crippen molar-refractivity contribution in [3.63, 3.8) is 0 Å². The SMILES string of the molecule is CC(C)C[C@@H](NC(=O)[C@@H]1CC[C@H](NC(=O)OCC2c3ccccc3-c3ccccc32)C1)C(=O)O. The minimum absolute atomic E-state index is 0.00540. The van der Waals surface area contributed by atoms with Crippen molar-refractivity contribution in [1.82, 2.24) is 10.6 Å². The number of carboxylic acid groups (broad SMARTS) is 1. The van der Waals surface area contributed by atoms with Gasteiger partial charge >= 0.3 is 12.1 Å². The molecule has 34 heavy (non-hydrogen) atoms. The molecule has 1 saturated carbocycles. The Morgan fingerprint density at radius 1 is 1.00 bits per heavy atom. The van der Waals surface area contributed by atoms with Gasteiger partial charge in [0.2, 0.25) is 5.91 Å². The van der Waals surface area contributed by atoms with Gasteiger partial charge in [-0.1, -0.05) is 62.4 Å². The first-order chi connectivity index (χ1) is 16.3. The number of amides is 2. The Morgan fingerprint density at radius 2 is 1.62 bits per heavy atom. The van der Waals surface area contributed by atoms with Crippen LogP contribution in [0.15, 0.2) is 48.5 Å². The first-order valence-corrected chi connectivity index (χ1v) is 12.0. The van der Waals surface area contributed by atoms with Crippen LogP contribution in [0.1, 0.15) is 56.6 Å². The highest BCUT2D eigenvalue weighted by molar-refractivity contribution is 5.85. The van der Waals surface area contributed by atoms with Crippen molar-refractivity contribution in [2.24, 2.45) is 11.8 Å². The van der Waals surface area contributed by atoms with Gasteiger partial charge in [-0.25, -0.2) is 9.59 Å². The number of nitrogens with one attached hydrogen (secondary N) is 2. The molecule has 1 fully saturated rings. The van der Waals surface area contributed by atoms with Crippen LogP contribution in [0.25, 0.3) is 11.1 Å². The molecular weight excluding hydrogens is 432 g/mol. The summed E-state index contributed by atoms with van der Waals surface area (Å²) in [4.78, 5) is 36.6. The fourth-order valence-electron chi connectivity index (χ4n) is 5.14. The van der Waals surface area contributed by atoms with E-state index in [4.69, 9.17) is 4.74 Å². The Morgan fingerprint density at radius 3 is 2.21 bits per heavy atom. The van der Waals surface area contributed by atoms with Crippen molar-refractivity contribution in [2.45, 2.75) is 57.5 Å². The second-order valence-corrected chi connectivity index (χ2v) is 9.71. The Bertz CT molecular complexity index is 1020. The highest BCUT2D eigenvalue weighted by Crippen LogP contribution is 2.44. The fraction of sp³-hybridized carbons (Fsp3) is 0.444. The minimum Gasteiger partial charge on any atom is -0.480 e. The monoisotopic (exact) mass is 464 g/mol. The van der Waals surface area contributed by atoms with Crippen molar-refractivity contribution in [3.8, 4) is 11.1 Å². The van der Waals surface area contributed by atoms with E-state index in [1.54, 1.807) is 0 Å². The Balaban J connectivity index is 1.29. The second kappa shape index (κ2) is 10.3. The summed E-state index contributed by atoms with van der Waals surface area (Å²) >= 11 is 0. The molecule has 2 aromatic carbocycles. The number of hydrogen-bond donors (Lipinski definition) is 3. The highest BCUT2D eigenvalue weighted by Gasteiger charge is 2.34. The molecule has 3 N–H and O–H groups in total. The Labute approximate surface area is 199 Å². The van der Waals surface area contributed by atoms with Crippen molar-refractivity contribution in [1.29, 1.82) is 0 Å². The summed E-state index contributed by atoms with van der Waals surface area (Å²) in [7, 11) is 0. The maximum absolute atomic E-state index is 12.6. The predicted octanol–water partition coefficient (Wildman–Crippen LogP) is 4.31. The lowest BCUT2D eigenvalue weighted by Gasteiger charge is -2.19. The number of fused-ring (bicyclic) bond motifs is 3. The minimum atomic E-state index is -1.02. The van der Waals surface area contributed by atoms with E-state index in [0.29, 0.717) is 25.7 Å². The van der Waals surface area contributed by atoms with E-state index in [9.17, 15) is 19.5 Å². The summed E-state index contributed by atoms with van der Waals surface area (Å²) in [5, 5.41) is 14.9. The lowest BCUT2D eigenvalue weighted by Crippen LogP contribution is -2.44. The summed E-state index contributed by atoms with van der Waals surface area (Å²) in [6, 6.07) is 15.3. The lowest BCUT2D eigenvalue weighted by atomic mass is 9.98. The number of hydrogen-bond acceptors (Lipinski definition) is 4. The summed E-state index contributed by atoms with van der Waals surface area (Å²) in [6.07, 6.45) is 1.63. The smallest absolute Gasteiger partial charge is 0.407 e. The molecule has 7 heteroatoms. The fourth-order valence-corrected chi connectivity index (χ4v) is 5.14. The van der Waals surface area contributed by atoms with Gasteiger partial charge in [0.05, 0.1) is 0 Å². The molecule has 2 amide bonds. The van der Waals surface area contributed by atoms with E-state index in [-0.39, 0.29) is 36.3 Å². The lowest BCUT2D eigenvalue weighted by molar-refractivity contribution is -0.142. The molecular formula is C27H32N2O5. The van der Waals surface area contributed by atoms with Crippen LogP contribution in [-0.2, 0) is 14.3 Å². The third-order valence-electron chi connectivity index (χ3n) is 6.79. The number of benzene rings is 2. The number of alkyl carbamates (subject to hydrolysis) is 1. The standard InChI is InChI=1S/C27H32N2O5/c1-16(2)13-24(26(31)32)29-25(30)17-11-12-18(14-17)28-27(33)34-15-23-21-9-5-3-7-19(21)20-8-4-6-10-22(20)23/h3-10,16-18,23-24H,11-15H2,1-2H3,(H,28,33)(H,29,30)(H,31,32)/t17-,18+,24-/m1/s1. The second-order valence-electron chi connectivity index (χ2n) is 9.71. The number of aliphatic carboxylic acids is 1. The molecule has 2 aromatic rings. The largest absolute Gasteiger partial charge is 0.480 e. The van der Waals surface area contributed by atoms with E-state index in [0.717, 1.165) is 11.1 Å². The average molecular weight is 465 g/mol. The predicted molar refractivity (Wildman–Crippen MR) is 128 cm³/mol. The molecule has 2 aliphatic carbocycles. The van der Waals surface area contributed by atoms with Crippen LogP contribution < -0.4 is 10.6 Å². The number of ether oxygens (including phenoxy) is 1. The normalized spacial score (nSPS) is 19.9. The third kappa shape index (κ3) is 5.24. The van der Waals surface area contributed by atoms with Crippen molar-refractivity contribution >= 4 is 18.0 Å². The van der Waals surface area contributed by atoms with Crippen molar-refractivity contribution in [3.05, 3.63) is 59.7 Å². The summed E-state index contributed by atoms with van der Waals surface area (Å²) in [5.41, 5.74) is 4.66. The van der Waals surface area contributed by atoms with E-state index in [1.807, 2.05) is 38.1 Å². The van der Waals surface area contributed by atoms with Gasteiger partial charge in [-0.15, -0.1) is 0 Å². The molecule has 0 heterocycles. The van der Waals surface area contributed by atoms with Crippen LogP contribution in [-0.4, -0.2) is 41.8 Å². The maximum atomic E-state index is 12.6. The van der Waals surface area contributed by atoms with Crippen molar-refractivity contribution < 1.29 is 24.2 Å². The van der Waals surface area contributed by atoms with Gasteiger partial charge in [0.1, 0.15) is 12.6 Å². The molecule has 0 aliphatic heterocycles. The molecule has 0 bridgehead atoms. The van der Waals surface area contributed by atoms with Gasteiger partial charge in [-0.05, 0) is 53.9 Å². The molecule has 0 saturated heterocycles. The third-order valence-corrected chi connectivity index (χ3v) is 6.79. The van der Waals surface area contributed by atoms with Gasteiger partial charge in [0.15, 0.2) is 0 Å². The van der Waals surface area contributed by atoms with Gasteiger partial charge in [0, 0.05) is 17.9 Å². The molecule has 0 unspecified atom stereocenters. The van der Waals surface area contributed by atoms with Crippen LogP contribution in [0.4, 0.5) is 4.79 Å². The first kappa shape index (κ1) is 23.8. The van der Waals surface area contributed by atoms with E-state index < -0.39 is 18.1 Å². The number of carbonyl (C=O) groups is 3. The van der Waals surface area contributed by atoms with Crippen LogP contribution in [0, 0.1) is 11.8 Å². The van der Waals surface area contributed by atoms with E-state index >= 15 is 0 Å². The van der Waals surface area contributed by atoms with Gasteiger partial charge in [-0.3, -0.25) is 4.79 Å². The Hall–Kier alpha value is -3.35. The molecule has 0 spiro atoms. The topological polar surface area (TPSA) is 105 Å². The summed E-state index contributed by atoms with van der Waals surface area (Å²) in [6.45, 7) is 4.09. The zero-order chi connectivity index (χ0) is 24.2. The quantitative estimate of drug-likeness (QED) is 0.540. The molecule has 4 rings (SSSR count). The van der Waals surface area contributed by atoms with Crippen LogP contribution >= 0.6 is 0 Å². The molecule has 0 radical (unpaired) electrons. The molecule has 7 nitrogen and oxygen atoms in total. The van der Waals surface area contributed by atoms with E-state index in [2.05, 4.69) is 34.9 Å². The Kier molecular flexibility index (Phi) is 7.20. The maximum Gasteiger partial charge on any atom is 0.407 e. The highest BCUT2D eigenvalue weighted by atomic mass is 16.5. The molecule has 180 valence electrons.